The second-order valence-corrected chi connectivity index (χ2v) is 4.92. The third-order valence-corrected chi connectivity index (χ3v) is 2.33. The number of carbonyl (C=O) groups excluding carboxylic acids is 2. The molecule has 0 N–H and O–H groups in total. The van der Waals surface area contributed by atoms with Crippen LogP contribution >= 0.6 is 0 Å². The summed E-state index contributed by atoms with van der Waals surface area (Å²) >= 11 is 0. The molecule has 0 saturated heterocycles. The second-order valence-electron chi connectivity index (χ2n) is 4.92. The number of rotatable bonds is 1. The first-order valence-corrected chi connectivity index (χ1v) is 5.41. The fourth-order valence-electron chi connectivity index (χ4n) is 1.68. The van der Waals surface area contributed by atoms with Crippen LogP contribution in [0.1, 0.15) is 47.1 Å². The molecule has 0 amide bonds. The van der Waals surface area contributed by atoms with Crippen molar-refractivity contribution in [3.05, 3.63) is 34.9 Å². The van der Waals surface area contributed by atoms with Crippen molar-refractivity contribution in [1.82, 2.24) is 0 Å². The monoisotopic (exact) mass is 234 g/mol. The first-order valence-electron chi connectivity index (χ1n) is 5.41. The summed E-state index contributed by atoms with van der Waals surface area (Å²) < 4.78 is 10.2. The van der Waals surface area contributed by atoms with Crippen molar-refractivity contribution in [2.45, 2.75) is 33.0 Å². The van der Waals surface area contributed by atoms with Gasteiger partial charge < -0.3 is 9.47 Å². The number of benzene rings is 1. The Kier molecular flexibility index (Phi) is 2.65. The fraction of sp³-hybridized carbons (Fsp3) is 0.385. The molecule has 0 fully saturated rings. The minimum atomic E-state index is -0.579. The van der Waals surface area contributed by atoms with Crippen LogP contribution in [0.4, 0.5) is 0 Å². The highest BCUT2D eigenvalue weighted by Gasteiger charge is 2.29. The standard InChI is InChI=1S/C13H14O4/c1-13(2,3)17-12(15)10-8-5-4-6-9(10)11(14)16-7-8/h4-6H,7H2,1-3H3. The average Bonchev–Trinajstić information content (AvgIpc) is 2.21. The van der Waals surface area contributed by atoms with E-state index in [-0.39, 0.29) is 12.2 Å². The molecule has 1 aliphatic rings. The highest BCUT2D eigenvalue weighted by Crippen LogP contribution is 2.25. The zero-order valence-electron chi connectivity index (χ0n) is 10.1. The predicted octanol–water partition coefficient (Wildman–Crippen LogP) is 2.31. The lowest BCUT2D eigenvalue weighted by molar-refractivity contribution is 0.00512. The Balaban J connectivity index is 2.41. The smallest absolute Gasteiger partial charge is 0.339 e. The Bertz CT molecular complexity index is 483. The molecular formula is C13H14O4. The van der Waals surface area contributed by atoms with E-state index in [0.717, 1.165) is 0 Å². The minimum absolute atomic E-state index is 0.126. The van der Waals surface area contributed by atoms with Gasteiger partial charge in [-0.25, -0.2) is 9.59 Å². The average molecular weight is 234 g/mol. The zero-order valence-corrected chi connectivity index (χ0v) is 10.1. The van der Waals surface area contributed by atoms with Gasteiger partial charge in [0.25, 0.3) is 0 Å². The van der Waals surface area contributed by atoms with Gasteiger partial charge in [-0.1, -0.05) is 12.1 Å². The van der Waals surface area contributed by atoms with Crippen LogP contribution < -0.4 is 0 Å². The van der Waals surface area contributed by atoms with E-state index in [4.69, 9.17) is 9.47 Å². The van der Waals surface area contributed by atoms with Crippen LogP contribution in [-0.4, -0.2) is 17.5 Å². The van der Waals surface area contributed by atoms with Gasteiger partial charge in [0.1, 0.15) is 12.2 Å². The maximum absolute atomic E-state index is 12.0. The first-order chi connectivity index (χ1) is 7.88. The third-order valence-electron chi connectivity index (χ3n) is 2.33. The maximum atomic E-state index is 12.0. The summed E-state index contributed by atoms with van der Waals surface area (Å²) in [5.41, 5.74) is 0.725. The maximum Gasteiger partial charge on any atom is 0.339 e. The van der Waals surface area contributed by atoms with Gasteiger partial charge in [-0.2, -0.15) is 0 Å². The van der Waals surface area contributed by atoms with Crippen molar-refractivity contribution in [3.8, 4) is 0 Å². The molecule has 0 saturated carbocycles. The van der Waals surface area contributed by atoms with Crippen molar-refractivity contribution in [1.29, 1.82) is 0 Å². The van der Waals surface area contributed by atoms with E-state index in [0.29, 0.717) is 11.1 Å². The number of cyclic esters (lactones) is 1. The number of ether oxygens (including phenoxy) is 2. The van der Waals surface area contributed by atoms with Crippen molar-refractivity contribution < 1.29 is 19.1 Å². The van der Waals surface area contributed by atoms with E-state index in [2.05, 4.69) is 0 Å². The number of hydrogen-bond acceptors (Lipinski definition) is 4. The van der Waals surface area contributed by atoms with Gasteiger partial charge >= 0.3 is 11.9 Å². The van der Waals surface area contributed by atoms with Crippen LogP contribution in [0.5, 0.6) is 0 Å². The third kappa shape index (κ3) is 2.30. The highest BCUT2D eigenvalue weighted by atomic mass is 16.6. The van der Waals surface area contributed by atoms with E-state index in [1.165, 1.54) is 0 Å². The minimum Gasteiger partial charge on any atom is -0.457 e. The topological polar surface area (TPSA) is 52.6 Å². The summed E-state index contributed by atoms with van der Waals surface area (Å²) in [5.74, 6) is -0.946. The molecule has 1 aliphatic heterocycles. The molecule has 0 atom stereocenters. The van der Waals surface area contributed by atoms with Gasteiger partial charge in [0.15, 0.2) is 0 Å². The van der Waals surface area contributed by atoms with Crippen molar-refractivity contribution in [2.24, 2.45) is 0 Å². The molecule has 4 nitrogen and oxygen atoms in total. The van der Waals surface area contributed by atoms with Crippen LogP contribution in [0.25, 0.3) is 0 Å². The number of hydrogen-bond donors (Lipinski definition) is 0. The van der Waals surface area contributed by atoms with E-state index >= 15 is 0 Å². The SMILES string of the molecule is CC(C)(C)OC(=O)c1c2cccc1C(=O)OC2. The molecule has 0 spiro atoms. The highest BCUT2D eigenvalue weighted by molar-refractivity contribution is 6.05. The lowest BCUT2D eigenvalue weighted by Crippen LogP contribution is -2.28. The molecule has 1 aromatic carbocycles. The normalized spacial score (nSPS) is 14.2. The molecule has 0 radical (unpaired) electrons. The van der Waals surface area contributed by atoms with Crippen molar-refractivity contribution >= 4 is 11.9 Å². The Morgan fingerprint density at radius 3 is 2.71 bits per heavy atom. The zero-order chi connectivity index (χ0) is 12.6. The van der Waals surface area contributed by atoms with Gasteiger partial charge in [-0.3, -0.25) is 0 Å². The van der Waals surface area contributed by atoms with E-state index in [1.807, 2.05) is 0 Å². The number of carbonyl (C=O) groups is 2. The van der Waals surface area contributed by atoms with Gasteiger partial charge in [0, 0.05) is 5.56 Å². The van der Waals surface area contributed by atoms with Crippen LogP contribution in [0.15, 0.2) is 18.2 Å². The van der Waals surface area contributed by atoms with Gasteiger partial charge in [0.05, 0.1) is 11.1 Å². The molecular weight excluding hydrogens is 220 g/mol. The first kappa shape index (κ1) is 11.6. The largest absolute Gasteiger partial charge is 0.457 e. The predicted molar refractivity (Wildman–Crippen MR) is 60.7 cm³/mol. The number of fused-ring (bicyclic) bond motifs is 2. The summed E-state index contributed by atoms with van der Waals surface area (Å²) in [7, 11) is 0. The molecule has 0 unspecified atom stereocenters. The van der Waals surface area contributed by atoms with Crippen LogP contribution in [-0.2, 0) is 16.1 Å². The van der Waals surface area contributed by atoms with E-state index in [1.54, 1.807) is 39.0 Å². The summed E-state index contributed by atoms with van der Waals surface area (Å²) in [6, 6.07) is 5.07. The van der Waals surface area contributed by atoms with Crippen LogP contribution in [0, 0.1) is 0 Å². The molecule has 1 aromatic rings. The lowest BCUT2D eigenvalue weighted by atomic mass is 9.99. The molecule has 2 rings (SSSR count). The Labute approximate surface area is 99.5 Å². The quantitative estimate of drug-likeness (QED) is 0.700. The second kappa shape index (κ2) is 3.87. The van der Waals surface area contributed by atoms with Gasteiger partial charge in [-0.15, -0.1) is 0 Å². The lowest BCUT2D eigenvalue weighted by Gasteiger charge is -2.23. The Morgan fingerprint density at radius 2 is 2.06 bits per heavy atom. The van der Waals surface area contributed by atoms with Crippen molar-refractivity contribution in [2.75, 3.05) is 0 Å². The van der Waals surface area contributed by atoms with Crippen molar-refractivity contribution in [3.63, 3.8) is 0 Å². The summed E-state index contributed by atoms with van der Waals surface area (Å²) in [6.45, 7) is 5.49. The van der Waals surface area contributed by atoms with Crippen LogP contribution in [0.3, 0.4) is 0 Å². The summed E-state index contributed by atoms with van der Waals surface area (Å²) in [5, 5.41) is 0. The molecule has 4 heteroatoms. The Hall–Kier alpha value is -1.84. The van der Waals surface area contributed by atoms with E-state index in [9.17, 15) is 9.59 Å². The van der Waals surface area contributed by atoms with Gasteiger partial charge in [0.2, 0.25) is 0 Å². The molecule has 0 aromatic heterocycles. The van der Waals surface area contributed by atoms with Crippen LogP contribution in [0.2, 0.25) is 0 Å². The fourth-order valence-corrected chi connectivity index (χ4v) is 1.68. The number of esters is 2. The summed E-state index contributed by atoms with van der Waals surface area (Å²) in [6.07, 6.45) is 0. The summed E-state index contributed by atoms with van der Waals surface area (Å²) in [4.78, 5) is 23.5. The Morgan fingerprint density at radius 1 is 1.35 bits per heavy atom. The molecule has 1 heterocycles. The van der Waals surface area contributed by atoms with Gasteiger partial charge in [-0.05, 0) is 26.8 Å². The molecule has 90 valence electrons. The van der Waals surface area contributed by atoms with E-state index < -0.39 is 17.5 Å². The molecule has 17 heavy (non-hydrogen) atoms. The molecule has 2 bridgehead atoms. The molecule has 0 aliphatic carbocycles.